The van der Waals surface area contributed by atoms with E-state index in [1.807, 2.05) is 18.2 Å². The lowest BCUT2D eigenvalue weighted by Crippen LogP contribution is -2.37. The second-order valence-electron chi connectivity index (χ2n) is 5.78. The van der Waals surface area contributed by atoms with E-state index >= 15 is 0 Å². The number of nitrogens with zero attached hydrogens (tertiary/aromatic N) is 3. The molecule has 0 spiro atoms. The molecule has 3 unspecified atom stereocenters. The molecule has 2 aromatic rings. The third kappa shape index (κ3) is 2.56. The Morgan fingerprint density at radius 1 is 1.29 bits per heavy atom. The van der Waals surface area contributed by atoms with Crippen LogP contribution in [0.2, 0.25) is 0 Å². The van der Waals surface area contributed by atoms with Crippen molar-refractivity contribution in [3.05, 3.63) is 42.5 Å². The van der Waals surface area contributed by atoms with Crippen LogP contribution in [0.25, 0.3) is 11.1 Å². The molecule has 0 radical (unpaired) electrons. The lowest BCUT2D eigenvalue weighted by Gasteiger charge is -2.33. The first kappa shape index (κ1) is 14.9. The van der Waals surface area contributed by atoms with Gasteiger partial charge in [0.15, 0.2) is 0 Å². The second-order valence-corrected chi connectivity index (χ2v) is 5.78. The smallest absolute Gasteiger partial charge is 0.282 e. The van der Waals surface area contributed by atoms with Crippen molar-refractivity contribution < 1.29 is 14.2 Å². The molecule has 2 N–H and O–H groups in total. The average molecular weight is 326 g/mol. The molecule has 0 aliphatic carbocycles. The first-order chi connectivity index (χ1) is 11.8. The van der Waals surface area contributed by atoms with E-state index in [4.69, 9.17) is 19.9 Å². The van der Waals surface area contributed by atoms with Crippen LogP contribution in [0.3, 0.4) is 0 Å². The van der Waals surface area contributed by atoms with E-state index in [1.54, 1.807) is 12.4 Å². The zero-order valence-corrected chi connectivity index (χ0v) is 13.3. The fourth-order valence-electron chi connectivity index (χ4n) is 3.20. The molecule has 1 aromatic carbocycles. The molecular formula is C17H18N4O3. The minimum absolute atomic E-state index is 0.0122. The van der Waals surface area contributed by atoms with Gasteiger partial charge in [-0.05, 0) is 17.7 Å². The number of aromatic nitrogens is 2. The van der Waals surface area contributed by atoms with Gasteiger partial charge in [-0.15, -0.1) is 0 Å². The molecule has 1 aromatic heterocycles. The van der Waals surface area contributed by atoms with Gasteiger partial charge in [0.2, 0.25) is 0 Å². The highest BCUT2D eigenvalue weighted by molar-refractivity contribution is 5.72. The van der Waals surface area contributed by atoms with Gasteiger partial charge in [0.25, 0.3) is 6.02 Å². The summed E-state index contributed by atoms with van der Waals surface area (Å²) in [6.07, 6.45) is 5.73. The highest BCUT2D eigenvalue weighted by Crippen LogP contribution is 2.43. The quantitative estimate of drug-likeness (QED) is 0.667. The Morgan fingerprint density at radius 2 is 2.12 bits per heavy atom. The van der Waals surface area contributed by atoms with Gasteiger partial charge in [0.05, 0.1) is 13.7 Å². The summed E-state index contributed by atoms with van der Waals surface area (Å²) in [5, 5.41) is 0. The first-order valence-electron chi connectivity index (χ1n) is 7.81. The molecule has 7 nitrogen and oxygen atoms in total. The molecule has 3 heterocycles. The molecule has 7 heteroatoms. The van der Waals surface area contributed by atoms with E-state index in [-0.39, 0.29) is 24.3 Å². The van der Waals surface area contributed by atoms with Crippen molar-refractivity contribution in [1.29, 1.82) is 0 Å². The van der Waals surface area contributed by atoms with Crippen molar-refractivity contribution in [1.82, 2.24) is 9.97 Å². The molecule has 0 bridgehead atoms. The summed E-state index contributed by atoms with van der Waals surface area (Å²) < 4.78 is 17.0. The predicted octanol–water partition coefficient (Wildman–Crippen LogP) is 1.70. The number of aliphatic imine (C=N–C) groups is 1. The molecule has 3 atom stereocenters. The molecule has 0 saturated carbocycles. The minimum atomic E-state index is -0.259. The zero-order valence-electron chi connectivity index (χ0n) is 13.3. The predicted molar refractivity (Wildman–Crippen MR) is 87.6 cm³/mol. The summed E-state index contributed by atoms with van der Waals surface area (Å²) >= 11 is 0. The highest BCUT2D eigenvalue weighted by Gasteiger charge is 2.43. The number of nitrogens with two attached hydrogens (primary N) is 1. The molecule has 4 rings (SSSR count). The molecule has 2 aliphatic heterocycles. The van der Waals surface area contributed by atoms with Crippen molar-refractivity contribution in [2.45, 2.75) is 24.7 Å². The van der Waals surface area contributed by atoms with Gasteiger partial charge in [-0.1, -0.05) is 6.07 Å². The van der Waals surface area contributed by atoms with Crippen molar-refractivity contribution in [3.63, 3.8) is 0 Å². The maximum atomic E-state index is 6.09. The highest BCUT2D eigenvalue weighted by atomic mass is 16.6. The van der Waals surface area contributed by atoms with Gasteiger partial charge in [0, 0.05) is 29.9 Å². The number of fused-ring (bicyclic) bond motifs is 2. The molecule has 2 aliphatic rings. The van der Waals surface area contributed by atoms with Gasteiger partial charge < -0.3 is 19.9 Å². The number of hydrogen-bond acceptors (Lipinski definition) is 6. The van der Waals surface area contributed by atoms with Gasteiger partial charge in [0.1, 0.15) is 30.3 Å². The van der Waals surface area contributed by atoms with Crippen LogP contribution in [-0.4, -0.2) is 41.9 Å². The summed E-state index contributed by atoms with van der Waals surface area (Å²) in [7, 11) is 1.50. The first-order valence-corrected chi connectivity index (χ1v) is 7.81. The largest absolute Gasteiger partial charge is 0.487 e. The Hall–Kier alpha value is -2.67. The summed E-state index contributed by atoms with van der Waals surface area (Å²) in [4.78, 5) is 12.7. The van der Waals surface area contributed by atoms with Gasteiger partial charge >= 0.3 is 0 Å². The van der Waals surface area contributed by atoms with Crippen molar-refractivity contribution in [2.24, 2.45) is 10.7 Å². The number of ether oxygens (including phenoxy) is 3. The minimum Gasteiger partial charge on any atom is -0.487 e. The lowest BCUT2D eigenvalue weighted by atomic mass is 9.92. The number of benzene rings is 1. The van der Waals surface area contributed by atoms with E-state index < -0.39 is 0 Å². The SMILES string of the molecule is COC(N)=NC1c2cc(-c3cncnc3)ccc2OC2CCOC21. The summed E-state index contributed by atoms with van der Waals surface area (Å²) in [5.74, 6) is 0.806. The Bertz CT molecular complexity index is 766. The van der Waals surface area contributed by atoms with E-state index in [9.17, 15) is 0 Å². The van der Waals surface area contributed by atoms with E-state index in [0.29, 0.717) is 6.61 Å². The normalized spacial score (nSPS) is 25.5. The Labute approximate surface area is 139 Å². The van der Waals surface area contributed by atoms with Crippen LogP contribution >= 0.6 is 0 Å². The number of amidine groups is 1. The lowest BCUT2D eigenvalue weighted by molar-refractivity contribution is 0.0207. The third-order valence-corrected chi connectivity index (χ3v) is 4.37. The molecule has 0 amide bonds. The number of rotatable bonds is 2. The third-order valence-electron chi connectivity index (χ3n) is 4.37. The fourth-order valence-corrected chi connectivity index (χ4v) is 3.20. The molecule has 1 fully saturated rings. The fraction of sp³-hybridized carbons (Fsp3) is 0.353. The van der Waals surface area contributed by atoms with E-state index in [2.05, 4.69) is 15.0 Å². The molecule has 24 heavy (non-hydrogen) atoms. The Morgan fingerprint density at radius 3 is 2.92 bits per heavy atom. The molecule has 1 saturated heterocycles. The van der Waals surface area contributed by atoms with Crippen molar-refractivity contribution >= 4 is 6.02 Å². The number of methoxy groups -OCH3 is 1. The van der Waals surface area contributed by atoms with Crippen molar-refractivity contribution in [3.8, 4) is 16.9 Å². The second kappa shape index (κ2) is 6.09. The summed E-state index contributed by atoms with van der Waals surface area (Å²) in [6.45, 7) is 0.654. The van der Waals surface area contributed by atoms with Crippen LogP contribution in [0.5, 0.6) is 5.75 Å². The van der Waals surface area contributed by atoms with Gasteiger partial charge in [-0.2, -0.15) is 0 Å². The molecular weight excluding hydrogens is 308 g/mol. The van der Waals surface area contributed by atoms with E-state index in [1.165, 1.54) is 13.4 Å². The van der Waals surface area contributed by atoms with Crippen LogP contribution in [-0.2, 0) is 9.47 Å². The zero-order chi connectivity index (χ0) is 16.5. The molecule has 124 valence electrons. The maximum Gasteiger partial charge on any atom is 0.282 e. The van der Waals surface area contributed by atoms with Crippen LogP contribution in [0.4, 0.5) is 0 Å². The summed E-state index contributed by atoms with van der Waals surface area (Å²) in [6, 6.07) is 5.86. The van der Waals surface area contributed by atoms with Gasteiger partial charge in [-0.25, -0.2) is 15.0 Å². The monoisotopic (exact) mass is 326 g/mol. The Balaban J connectivity index is 1.80. The van der Waals surface area contributed by atoms with Crippen molar-refractivity contribution in [2.75, 3.05) is 13.7 Å². The Kier molecular flexibility index (Phi) is 3.78. The van der Waals surface area contributed by atoms with Crippen LogP contribution in [0, 0.1) is 0 Å². The topological polar surface area (TPSA) is 91.9 Å². The van der Waals surface area contributed by atoms with Crippen LogP contribution in [0.1, 0.15) is 18.0 Å². The summed E-state index contributed by atoms with van der Waals surface area (Å²) in [5.41, 5.74) is 8.65. The number of hydrogen-bond donors (Lipinski definition) is 1. The van der Waals surface area contributed by atoms with Crippen LogP contribution in [0.15, 0.2) is 41.9 Å². The van der Waals surface area contributed by atoms with Gasteiger partial charge in [-0.3, -0.25) is 0 Å². The van der Waals surface area contributed by atoms with E-state index in [0.717, 1.165) is 28.9 Å². The van der Waals surface area contributed by atoms with Crippen LogP contribution < -0.4 is 10.5 Å². The standard InChI is InChI=1S/C17H18N4O3/c1-22-17(18)21-15-12-6-10(11-7-19-9-20-8-11)2-3-13(12)24-14-4-5-23-16(14)15/h2-3,6-9,14-16H,4-5H2,1H3,(H2,18,21). The maximum absolute atomic E-state index is 6.09. The average Bonchev–Trinajstić information content (AvgIpc) is 3.10.